The monoisotopic (exact) mass is 671 g/mol. The largest absolute Gasteiger partial charge is 0.480 e. The average Bonchev–Trinajstić information content (AvgIpc) is 3.06. The first kappa shape index (κ1) is 37.4. The number of anilines is 2. The van der Waals surface area contributed by atoms with Crippen molar-refractivity contribution in [2.75, 3.05) is 77.4 Å². The second-order valence-corrected chi connectivity index (χ2v) is 10.4. The van der Waals surface area contributed by atoms with Gasteiger partial charge in [0.15, 0.2) is 11.2 Å². The molecule has 0 aliphatic carbocycles. The van der Waals surface area contributed by atoms with Crippen LogP contribution in [0, 0.1) is 0 Å². The van der Waals surface area contributed by atoms with Gasteiger partial charge >= 0.3 is 5.97 Å². The number of hydrogen-bond donors (Lipinski definition) is 6. The number of aliphatic carboxylic acids is 1. The van der Waals surface area contributed by atoms with Crippen LogP contribution in [-0.2, 0) is 35.1 Å². The normalized spacial score (nSPS) is 11.7. The summed E-state index contributed by atoms with van der Waals surface area (Å²) in [7, 11) is 1.83. The number of aldehydes is 1. The zero-order valence-corrected chi connectivity index (χ0v) is 26.6. The maximum atomic E-state index is 12.7. The molecule has 2 aromatic heterocycles. The number of benzene rings is 1. The molecule has 18 nitrogen and oxygen atoms in total. The molecular weight excluding hydrogens is 630 g/mol. The Bertz CT molecular complexity index is 1550. The van der Waals surface area contributed by atoms with Gasteiger partial charge in [-0.15, -0.1) is 0 Å². The van der Waals surface area contributed by atoms with E-state index in [1.54, 1.807) is 12.1 Å². The number of aromatic nitrogens is 4. The van der Waals surface area contributed by atoms with E-state index < -0.39 is 23.5 Å². The minimum absolute atomic E-state index is 0.0550. The molecule has 2 heterocycles. The molecule has 0 aliphatic heterocycles. The van der Waals surface area contributed by atoms with Gasteiger partial charge in [-0.25, -0.2) is 14.8 Å². The van der Waals surface area contributed by atoms with E-state index in [1.807, 2.05) is 11.9 Å². The molecule has 0 radical (unpaired) electrons. The summed E-state index contributed by atoms with van der Waals surface area (Å²) in [5.41, 5.74) is 6.54. The fourth-order valence-corrected chi connectivity index (χ4v) is 4.09. The third-order valence-electron chi connectivity index (χ3n) is 6.69. The van der Waals surface area contributed by atoms with Crippen molar-refractivity contribution in [3.63, 3.8) is 0 Å². The molecule has 3 aromatic rings. The van der Waals surface area contributed by atoms with Crippen LogP contribution in [0.2, 0.25) is 0 Å². The first-order chi connectivity index (χ1) is 23.2. The number of likely N-dealkylation sites (N-methyl/N-ethyl adjacent to an activating group) is 1. The number of carbonyl (C=O) groups is 4. The molecule has 260 valence electrons. The van der Waals surface area contributed by atoms with Gasteiger partial charge in [-0.1, -0.05) is 0 Å². The molecule has 0 saturated carbocycles. The molecule has 3 rings (SSSR count). The Morgan fingerprint density at radius 1 is 1.04 bits per heavy atom. The van der Waals surface area contributed by atoms with Gasteiger partial charge in [0.05, 0.1) is 64.6 Å². The van der Waals surface area contributed by atoms with E-state index in [2.05, 4.69) is 35.9 Å². The zero-order chi connectivity index (χ0) is 34.7. The van der Waals surface area contributed by atoms with Crippen LogP contribution < -0.4 is 27.2 Å². The first-order valence-corrected chi connectivity index (χ1v) is 15.2. The number of H-pyrrole nitrogens is 1. The van der Waals surface area contributed by atoms with Gasteiger partial charge in [0, 0.05) is 30.8 Å². The summed E-state index contributed by atoms with van der Waals surface area (Å²) in [4.78, 5) is 75.6. The summed E-state index contributed by atoms with van der Waals surface area (Å²) in [5.74, 6) is -2.30. The number of rotatable bonds is 23. The van der Waals surface area contributed by atoms with Crippen LogP contribution in [0.25, 0.3) is 11.2 Å². The van der Waals surface area contributed by atoms with Crippen LogP contribution >= 0.6 is 0 Å². The molecule has 1 aromatic carbocycles. The number of nitrogens with zero attached hydrogens (tertiary/aromatic N) is 4. The molecule has 1 atom stereocenters. The Morgan fingerprint density at radius 2 is 1.73 bits per heavy atom. The Kier molecular flexibility index (Phi) is 15.8. The van der Waals surface area contributed by atoms with Gasteiger partial charge in [-0.2, -0.15) is 4.98 Å². The van der Waals surface area contributed by atoms with Crippen molar-refractivity contribution >= 4 is 46.9 Å². The van der Waals surface area contributed by atoms with Crippen LogP contribution in [-0.4, -0.2) is 126 Å². The number of ether oxygens (including phenoxy) is 3. The lowest BCUT2D eigenvalue weighted by Gasteiger charge is -2.15. The molecule has 0 spiro atoms. The topological polar surface area (TPSA) is 253 Å². The first-order valence-electron chi connectivity index (χ1n) is 15.2. The lowest BCUT2D eigenvalue weighted by Crippen LogP contribution is -2.41. The van der Waals surface area contributed by atoms with Crippen molar-refractivity contribution in [1.82, 2.24) is 35.5 Å². The van der Waals surface area contributed by atoms with E-state index in [4.69, 9.17) is 19.9 Å². The lowest BCUT2D eigenvalue weighted by atomic mass is 10.1. The third kappa shape index (κ3) is 13.4. The summed E-state index contributed by atoms with van der Waals surface area (Å²) in [5, 5.41) is 17.8. The van der Waals surface area contributed by atoms with Gasteiger partial charge in [0.1, 0.15) is 12.3 Å². The van der Waals surface area contributed by atoms with Crippen LogP contribution in [0.5, 0.6) is 0 Å². The minimum Gasteiger partial charge on any atom is -0.480 e. The number of nitrogens with two attached hydrogens (primary N) is 1. The van der Waals surface area contributed by atoms with Crippen molar-refractivity contribution in [3.8, 4) is 0 Å². The highest BCUT2D eigenvalue weighted by molar-refractivity contribution is 5.97. The van der Waals surface area contributed by atoms with Crippen molar-refractivity contribution in [2.24, 2.45) is 0 Å². The second-order valence-electron chi connectivity index (χ2n) is 10.4. The molecule has 2 amide bonds. The second kappa shape index (κ2) is 20.3. The maximum absolute atomic E-state index is 12.7. The number of aromatic amines is 1. The predicted molar refractivity (Wildman–Crippen MR) is 173 cm³/mol. The van der Waals surface area contributed by atoms with E-state index in [9.17, 15) is 29.1 Å². The van der Waals surface area contributed by atoms with Crippen molar-refractivity contribution in [1.29, 1.82) is 0 Å². The van der Waals surface area contributed by atoms with Crippen LogP contribution in [0.4, 0.5) is 11.6 Å². The van der Waals surface area contributed by atoms with E-state index in [0.717, 1.165) is 6.29 Å². The van der Waals surface area contributed by atoms with Crippen molar-refractivity contribution in [2.45, 2.75) is 25.4 Å². The summed E-state index contributed by atoms with van der Waals surface area (Å²) in [6, 6.07) is 5.03. The van der Waals surface area contributed by atoms with Crippen molar-refractivity contribution < 1.29 is 38.5 Å². The highest BCUT2D eigenvalue weighted by atomic mass is 16.5. The fourth-order valence-electron chi connectivity index (χ4n) is 4.09. The Balaban J connectivity index is 1.29. The number of hydrogen-bond acceptors (Lipinski definition) is 14. The molecule has 0 bridgehead atoms. The fraction of sp³-hybridized carbons (Fsp3) is 0.467. The molecule has 48 heavy (non-hydrogen) atoms. The molecule has 0 fully saturated rings. The van der Waals surface area contributed by atoms with Gasteiger partial charge in [-0.3, -0.25) is 24.3 Å². The summed E-state index contributed by atoms with van der Waals surface area (Å²) < 4.78 is 16.2. The van der Waals surface area contributed by atoms with Gasteiger partial charge in [0.2, 0.25) is 11.9 Å². The zero-order valence-electron chi connectivity index (χ0n) is 26.6. The highest BCUT2D eigenvalue weighted by Crippen LogP contribution is 2.12. The number of nitrogen functional groups attached to an aromatic ring is 1. The standard InChI is InChI=1S/C30H41N9O9/c1-39(9-11-40)10-13-47-15-17-48-16-14-46-12-8-32-24(41)7-6-23(29(44)45)36-27(42)20-2-4-21(5-3-20)33-18-22-19-34-26-25(35-22)28(43)38-30(31)37-26/h2-5,11,19,23,33H,6-10,12-18H2,1H3,(H,32,41)(H,36,42)(H,44,45)(H3,31,34,37,38,43). The van der Waals surface area contributed by atoms with Gasteiger partial charge in [0.25, 0.3) is 11.5 Å². The summed E-state index contributed by atoms with van der Waals surface area (Å²) in [6.07, 6.45) is 2.09. The number of carboxylic acid groups (broad SMARTS) is 1. The van der Waals surface area contributed by atoms with E-state index in [0.29, 0.717) is 57.5 Å². The Morgan fingerprint density at radius 3 is 2.42 bits per heavy atom. The summed E-state index contributed by atoms with van der Waals surface area (Å²) in [6.45, 7) is 3.76. The minimum atomic E-state index is -1.27. The molecule has 1 unspecified atom stereocenters. The third-order valence-corrected chi connectivity index (χ3v) is 6.69. The SMILES string of the molecule is CN(CC=O)CCOCCOCCOCCNC(=O)CCC(NC(=O)c1ccc(NCc2cnc3nc(N)[nH]c(=O)c3n2)cc1)C(=O)O. The molecule has 18 heteroatoms. The van der Waals surface area contributed by atoms with Crippen LogP contribution in [0.3, 0.4) is 0 Å². The number of carbonyl (C=O) groups excluding carboxylic acids is 3. The Hall–Kier alpha value is -5.04. The predicted octanol–water partition coefficient (Wildman–Crippen LogP) is -0.833. The molecule has 0 saturated heterocycles. The number of amides is 2. The molecule has 0 aliphatic rings. The maximum Gasteiger partial charge on any atom is 0.326 e. The van der Waals surface area contributed by atoms with Gasteiger partial charge in [-0.05, 0) is 37.7 Å². The molecular formula is C30H41N9O9. The van der Waals surface area contributed by atoms with E-state index in [1.165, 1.54) is 18.3 Å². The van der Waals surface area contributed by atoms with Gasteiger partial charge < -0.3 is 45.8 Å². The number of carboxylic acids is 1. The van der Waals surface area contributed by atoms with E-state index >= 15 is 0 Å². The average molecular weight is 672 g/mol. The number of nitrogens with one attached hydrogen (secondary N) is 4. The van der Waals surface area contributed by atoms with E-state index in [-0.39, 0.29) is 61.1 Å². The van der Waals surface area contributed by atoms with Crippen molar-refractivity contribution in [3.05, 3.63) is 52.1 Å². The quantitative estimate of drug-likeness (QED) is 0.0531. The smallest absolute Gasteiger partial charge is 0.326 e. The molecule has 7 N–H and O–H groups in total. The summed E-state index contributed by atoms with van der Waals surface area (Å²) >= 11 is 0. The highest BCUT2D eigenvalue weighted by Gasteiger charge is 2.22. The number of fused-ring (bicyclic) bond motifs is 1. The van der Waals surface area contributed by atoms with Crippen LogP contribution in [0.1, 0.15) is 28.9 Å². The Labute approximate surface area is 275 Å². The van der Waals surface area contributed by atoms with Crippen LogP contribution in [0.15, 0.2) is 35.3 Å². The lowest BCUT2D eigenvalue weighted by molar-refractivity contribution is -0.139.